The van der Waals surface area contributed by atoms with Crippen molar-refractivity contribution in [3.05, 3.63) is 41.0 Å². The molecule has 0 spiro atoms. The van der Waals surface area contributed by atoms with Crippen LogP contribution in [0, 0.1) is 0 Å². The molecule has 0 aliphatic rings. The lowest BCUT2D eigenvalue weighted by atomic mass is 10.1. The Morgan fingerprint density at radius 1 is 1.30 bits per heavy atom. The molecule has 0 saturated carbocycles. The summed E-state index contributed by atoms with van der Waals surface area (Å²) in [4.78, 5) is 0. The predicted molar refractivity (Wildman–Crippen MR) is 77.5 cm³/mol. The molecule has 0 fully saturated rings. The zero-order chi connectivity index (χ0) is 14.5. The average Bonchev–Trinajstić information content (AvgIpc) is 2.46. The highest BCUT2D eigenvalue weighted by Gasteiger charge is 2.06. The van der Waals surface area contributed by atoms with Crippen LogP contribution in [0.15, 0.2) is 35.4 Å². The van der Waals surface area contributed by atoms with E-state index in [4.69, 9.17) is 16.3 Å². The molecule has 1 aromatic carbocycles. The molecule has 0 radical (unpaired) electrons. The molecule has 6 nitrogen and oxygen atoms in total. The molecule has 7 heteroatoms. The molecule has 2 aromatic rings. The average molecular weight is 293 g/mol. The first kappa shape index (κ1) is 14.1. The minimum Gasteiger partial charge on any atom is -0.507 e. The Kier molecular flexibility index (Phi) is 4.37. The predicted octanol–water partition coefficient (Wildman–Crippen LogP) is 2.68. The van der Waals surface area contributed by atoms with Crippen LogP contribution in [0.3, 0.4) is 0 Å². The summed E-state index contributed by atoms with van der Waals surface area (Å²) in [5.74, 6) is 1.13. The van der Waals surface area contributed by atoms with Crippen LogP contribution >= 0.6 is 11.6 Å². The first-order valence-corrected chi connectivity index (χ1v) is 6.15. The number of nitrogens with one attached hydrogen (secondary N) is 1. The lowest BCUT2D eigenvalue weighted by molar-refractivity contribution is 0.407. The van der Waals surface area contributed by atoms with Gasteiger partial charge in [0.25, 0.3) is 0 Å². The van der Waals surface area contributed by atoms with E-state index in [-0.39, 0.29) is 5.75 Å². The van der Waals surface area contributed by atoms with Gasteiger partial charge in [0.15, 0.2) is 11.0 Å². The maximum absolute atomic E-state index is 9.89. The molecule has 1 heterocycles. The molecular formula is C13H13ClN4O2. The summed E-state index contributed by atoms with van der Waals surface area (Å²) < 4.78 is 5.02. The van der Waals surface area contributed by atoms with Crippen molar-refractivity contribution in [1.82, 2.24) is 10.2 Å². The van der Waals surface area contributed by atoms with Crippen LogP contribution in [0.2, 0.25) is 5.15 Å². The molecule has 0 aliphatic carbocycles. The minimum atomic E-state index is 0.0922. The second-order valence-electron chi connectivity index (χ2n) is 3.93. The van der Waals surface area contributed by atoms with Crippen LogP contribution in [0.5, 0.6) is 11.5 Å². The SMILES string of the molecule is COc1ccc(/C(C)=N/Nc2ccc(Cl)nn2)c(O)c1. The molecule has 0 unspecified atom stereocenters. The molecule has 0 atom stereocenters. The second-order valence-corrected chi connectivity index (χ2v) is 4.32. The molecule has 20 heavy (non-hydrogen) atoms. The van der Waals surface area contributed by atoms with Gasteiger partial charge in [-0.25, -0.2) is 0 Å². The highest BCUT2D eigenvalue weighted by Crippen LogP contribution is 2.24. The van der Waals surface area contributed by atoms with Crippen molar-refractivity contribution in [2.75, 3.05) is 12.5 Å². The number of halogens is 1. The quantitative estimate of drug-likeness (QED) is 0.669. The number of aromatic hydroxyl groups is 1. The third-order valence-corrected chi connectivity index (χ3v) is 2.77. The van der Waals surface area contributed by atoms with Crippen LogP contribution < -0.4 is 10.2 Å². The zero-order valence-corrected chi connectivity index (χ0v) is 11.7. The van der Waals surface area contributed by atoms with Crippen molar-refractivity contribution in [2.24, 2.45) is 5.10 Å². The number of benzene rings is 1. The van der Waals surface area contributed by atoms with Crippen LogP contribution in [0.1, 0.15) is 12.5 Å². The van der Waals surface area contributed by atoms with Crippen molar-refractivity contribution in [3.8, 4) is 11.5 Å². The third-order valence-electron chi connectivity index (χ3n) is 2.56. The third kappa shape index (κ3) is 3.36. The molecule has 2 rings (SSSR count). The fraction of sp³-hybridized carbons (Fsp3) is 0.154. The first-order chi connectivity index (χ1) is 9.60. The van der Waals surface area contributed by atoms with Crippen LogP contribution in [-0.4, -0.2) is 28.1 Å². The summed E-state index contributed by atoms with van der Waals surface area (Å²) in [5, 5.41) is 21.8. The summed E-state index contributed by atoms with van der Waals surface area (Å²) in [6.45, 7) is 1.76. The standard InChI is InChI=1S/C13H13ClN4O2/c1-8(10-4-3-9(20-2)7-11(10)19)15-17-13-6-5-12(14)16-18-13/h3-7,19H,1-2H3,(H,17,18)/b15-8+. The Hall–Kier alpha value is -2.34. The summed E-state index contributed by atoms with van der Waals surface area (Å²) in [6.07, 6.45) is 0. The number of nitrogens with zero attached hydrogens (tertiary/aromatic N) is 3. The Labute approximate surface area is 121 Å². The number of hydrogen-bond acceptors (Lipinski definition) is 6. The van der Waals surface area contributed by atoms with Crippen LogP contribution in [0.4, 0.5) is 5.82 Å². The lowest BCUT2D eigenvalue weighted by Crippen LogP contribution is -2.02. The number of methoxy groups -OCH3 is 1. The molecule has 0 aliphatic heterocycles. The maximum Gasteiger partial charge on any atom is 0.168 e. The largest absolute Gasteiger partial charge is 0.507 e. The number of ether oxygens (including phenoxy) is 1. The highest BCUT2D eigenvalue weighted by molar-refractivity contribution is 6.29. The summed E-state index contributed by atoms with van der Waals surface area (Å²) in [6, 6.07) is 8.25. The van der Waals surface area contributed by atoms with Crippen molar-refractivity contribution >= 4 is 23.1 Å². The van der Waals surface area contributed by atoms with Gasteiger partial charge < -0.3 is 9.84 Å². The molecule has 0 bridgehead atoms. The van der Waals surface area contributed by atoms with Crippen molar-refractivity contribution in [2.45, 2.75) is 6.92 Å². The number of anilines is 1. The number of aromatic nitrogens is 2. The van der Waals surface area contributed by atoms with E-state index in [9.17, 15) is 5.11 Å². The van der Waals surface area contributed by atoms with Gasteiger partial charge in [-0.15, -0.1) is 10.2 Å². The second kappa shape index (κ2) is 6.21. The van der Waals surface area contributed by atoms with Crippen molar-refractivity contribution in [1.29, 1.82) is 0 Å². The van der Waals surface area contributed by atoms with E-state index < -0.39 is 0 Å². The van der Waals surface area contributed by atoms with Gasteiger partial charge in [0.1, 0.15) is 11.5 Å². The molecule has 0 saturated heterocycles. The summed E-state index contributed by atoms with van der Waals surface area (Å²) in [5.41, 5.74) is 3.94. The van der Waals surface area contributed by atoms with Gasteiger partial charge in [-0.05, 0) is 31.2 Å². The Balaban J connectivity index is 2.16. The van der Waals surface area contributed by atoms with Gasteiger partial charge in [-0.2, -0.15) is 5.10 Å². The highest BCUT2D eigenvalue weighted by atomic mass is 35.5. The number of phenols is 1. The zero-order valence-electron chi connectivity index (χ0n) is 11.0. The van der Waals surface area contributed by atoms with E-state index in [0.29, 0.717) is 28.0 Å². The van der Waals surface area contributed by atoms with E-state index in [0.717, 1.165) is 0 Å². The van der Waals surface area contributed by atoms with E-state index in [1.807, 2.05) is 0 Å². The summed E-state index contributed by atoms with van der Waals surface area (Å²) >= 11 is 5.64. The van der Waals surface area contributed by atoms with Gasteiger partial charge in [0.05, 0.1) is 12.8 Å². The fourth-order valence-electron chi connectivity index (χ4n) is 1.52. The number of hydrogen-bond donors (Lipinski definition) is 2. The number of hydrazone groups is 1. The summed E-state index contributed by atoms with van der Waals surface area (Å²) in [7, 11) is 1.54. The molecular weight excluding hydrogens is 280 g/mol. The Bertz CT molecular complexity index is 629. The van der Waals surface area contributed by atoms with Crippen LogP contribution in [0.25, 0.3) is 0 Å². The maximum atomic E-state index is 9.89. The fourth-order valence-corrected chi connectivity index (χ4v) is 1.62. The number of phenolic OH excluding ortho intramolecular Hbond substituents is 1. The van der Waals surface area contributed by atoms with E-state index in [2.05, 4.69) is 20.7 Å². The Morgan fingerprint density at radius 3 is 2.70 bits per heavy atom. The lowest BCUT2D eigenvalue weighted by Gasteiger charge is -2.07. The van der Waals surface area contributed by atoms with Gasteiger partial charge >= 0.3 is 0 Å². The normalized spacial score (nSPS) is 11.2. The van der Waals surface area contributed by atoms with Gasteiger partial charge in [-0.1, -0.05) is 11.6 Å². The van der Waals surface area contributed by atoms with Gasteiger partial charge in [0.2, 0.25) is 0 Å². The monoisotopic (exact) mass is 292 g/mol. The topological polar surface area (TPSA) is 79.6 Å². The number of rotatable bonds is 4. The van der Waals surface area contributed by atoms with Crippen LogP contribution in [-0.2, 0) is 0 Å². The molecule has 2 N–H and O–H groups in total. The van der Waals surface area contributed by atoms with E-state index >= 15 is 0 Å². The van der Waals surface area contributed by atoms with Gasteiger partial charge in [0, 0.05) is 11.6 Å². The smallest absolute Gasteiger partial charge is 0.168 e. The molecule has 0 amide bonds. The van der Waals surface area contributed by atoms with E-state index in [1.165, 1.54) is 13.2 Å². The molecule has 104 valence electrons. The first-order valence-electron chi connectivity index (χ1n) is 5.77. The van der Waals surface area contributed by atoms with Crippen molar-refractivity contribution in [3.63, 3.8) is 0 Å². The van der Waals surface area contributed by atoms with E-state index in [1.54, 1.807) is 31.2 Å². The minimum absolute atomic E-state index is 0.0922. The van der Waals surface area contributed by atoms with Crippen molar-refractivity contribution < 1.29 is 9.84 Å². The van der Waals surface area contributed by atoms with Gasteiger partial charge in [-0.3, -0.25) is 5.43 Å². The Morgan fingerprint density at radius 2 is 2.10 bits per heavy atom. The molecule has 1 aromatic heterocycles.